The first-order chi connectivity index (χ1) is 29.7. The van der Waals surface area contributed by atoms with E-state index in [-0.39, 0.29) is 5.92 Å². The van der Waals surface area contributed by atoms with Crippen LogP contribution in [0.15, 0.2) is 226 Å². The van der Waals surface area contributed by atoms with E-state index in [1.165, 1.54) is 50.1 Å². The molecule has 0 bridgehead atoms. The van der Waals surface area contributed by atoms with Crippen molar-refractivity contribution in [2.24, 2.45) is 0 Å². The van der Waals surface area contributed by atoms with E-state index in [0.717, 1.165) is 50.9 Å². The second-order valence-electron chi connectivity index (χ2n) is 15.2. The van der Waals surface area contributed by atoms with Crippen LogP contribution < -0.4 is 0 Å². The molecule has 3 aromatic heterocycles. The van der Waals surface area contributed by atoms with Crippen molar-refractivity contribution >= 4 is 5.57 Å². The first-order valence-corrected chi connectivity index (χ1v) is 20.3. The Balaban J connectivity index is 0.983. The summed E-state index contributed by atoms with van der Waals surface area (Å²) < 4.78 is 0. The average Bonchev–Trinajstić information content (AvgIpc) is 3.35. The normalized spacial score (nSPS) is 13.5. The maximum Gasteiger partial charge on any atom is 0.115 e. The van der Waals surface area contributed by atoms with Crippen LogP contribution in [0.2, 0.25) is 0 Å². The fourth-order valence-corrected chi connectivity index (χ4v) is 8.23. The lowest BCUT2D eigenvalue weighted by Crippen LogP contribution is -2.00. The molecule has 4 heteroatoms. The van der Waals surface area contributed by atoms with Crippen LogP contribution in [0.5, 0.6) is 0 Å². The quantitative estimate of drug-likeness (QED) is 0.147. The van der Waals surface area contributed by atoms with Gasteiger partial charge in [-0.1, -0.05) is 115 Å². The van der Waals surface area contributed by atoms with Gasteiger partial charge in [-0.2, -0.15) is 0 Å². The minimum absolute atomic E-state index is 0.237. The number of pyridine rings is 2. The van der Waals surface area contributed by atoms with Crippen LogP contribution in [0.3, 0.4) is 0 Å². The number of hydrogen-bond donors (Lipinski definition) is 0. The average molecular weight is 769 g/mol. The predicted octanol–water partition coefficient (Wildman–Crippen LogP) is 14.1. The fourth-order valence-electron chi connectivity index (χ4n) is 8.23. The largest absolute Gasteiger partial charge is 0.265 e. The summed E-state index contributed by atoms with van der Waals surface area (Å²) in [6.45, 7) is 0. The summed E-state index contributed by atoms with van der Waals surface area (Å²) in [5.74, 6) is 0.237. The van der Waals surface area contributed by atoms with E-state index >= 15 is 0 Å². The van der Waals surface area contributed by atoms with E-state index in [1.807, 2.05) is 37.2 Å². The number of hydrogen-bond acceptors (Lipinski definition) is 4. The molecule has 284 valence electrons. The maximum absolute atomic E-state index is 4.38. The first kappa shape index (κ1) is 36.5. The van der Waals surface area contributed by atoms with Crippen molar-refractivity contribution in [2.45, 2.75) is 12.3 Å². The molecule has 1 aliphatic rings. The lowest BCUT2D eigenvalue weighted by molar-refractivity contribution is 0.857. The molecule has 0 saturated carbocycles. The first-order valence-electron chi connectivity index (χ1n) is 20.3. The Bertz CT molecular complexity index is 3010. The Kier molecular flexibility index (Phi) is 10.1. The molecule has 4 nitrogen and oxygen atoms in total. The fraction of sp³-hybridized carbons (Fsp3) is 0.0357. The van der Waals surface area contributed by atoms with Crippen LogP contribution in [0.25, 0.3) is 83.5 Å². The van der Waals surface area contributed by atoms with E-state index in [1.54, 1.807) is 6.33 Å². The molecule has 6 aromatic carbocycles. The molecule has 1 aliphatic carbocycles. The van der Waals surface area contributed by atoms with E-state index < -0.39 is 0 Å². The van der Waals surface area contributed by atoms with Crippen molar-refractivity contribution in [3.8, 4) is 77.9 Å². The van der Waals surface area contributed by atoms with Crippen LogP contribution in [0.1, 0.15) is 23.5 Å². The lowest BCUT2D eigenvalue weighted by atomic mass is 9.85. The number of aromatic nitrogens is 4. The van der Waals surface area contributed by atoms with E-state index in [4.69, 9.17) is 0 Å². The zero-order valence-electron chi connectivity index (χ0n) is 32.9. The van der Waals surface area contributed by atoms with Crippen LogP contribution in [-0.2, 0) is 0 Å². The van der Waals surface area contributed by atoms with Gasteiger partial charge in [0, 0.05) is 48.7 Å². The van der Waals surface area contributed by atoms with Crippen molar-refractivity contribution < 1.29 is 0 Å². The molecule has 1 atom stereocenters. The maximum atomic E-state index is 4.38. The van der Waals surface area contributed by atoms with Crippen molar-refractivity contribution in [1.29, 1.82) is 0 Å². The van der Waals surface area contributed by atoms with Crippen LogP contribution in [-0.4, -0.2) is 19.9 Å². The number of nitrogens with zero attached hydrogens (tertiary/aromatic N) is 4. The van der Waals surface area contributed by atoms with E-state index in [2.05, 4.69) is 202 Å². The minimum atomic E-state index is 0.237. The third-order valence-electron chi connectivity index (χ3n) is 11.4. The molecule has 60 heavy (non-hydrogen) atoms. The molecule has 0 fully saturated rings. The van der Waals surface area contributed by atoms with Gasteiger partial charge < -0.3 is 0 Å². The van der Waals surface area contributed by atoms with Crippen LogP contribution in [0.4, 0.5) is 0 Å². The summed E-state index contributed by atoms with van der Waals surface area (Å²) in [4.78, 5) is 17.2. The van der Waals surface area contributed by atoms with Gasteiger partial charge in [-0.3, -0.25) is 9.97 Å². The summed E-state index contributed by atoms with van der Waals surface area (Å²) in [6, 6.07) is 59.3. The van der Waals surface area contributed by atoms with Gasteiger partial charge in [0.05, 0.1) is 0 Å². The molecule has 0 radical (unpaired) electrons. The zero-order chi connectivity index (χ0) is 40.1. The molecule has 0 amide bonds. The third-order valence-corrected chi connectivity index (χ3v) is 11.4. The molecule has 9 aromatic rings. The zero-order valence-corrected chi connectivity index (χ0v) is 32.9. The summed E-state index contributed by atoms with van der Waals surface area (Å²) in [7, 11) is 0. The van der Waals surface area contributed by atoms with Gasteiger partial charge in [0.1, 0.15) is 6.33 Å². The second-order valence-corrected chi connectivity index (χ2v) is 15.2. The summed E-state index contributed by atoms with van der Waals surface area (Å²) >= 11 is 0. The molecule has 0 aliphatic heterocycles. The van der Waals surface area contributed by atoms with Gasteiger partial charge in [-0.25, -0.2) is 9.97 Å². The summed E-state index contributed by atoms with van der Waals surface area (Å²) in [6.07, 6.45) is 20.7. The standard InChI is InChI=1S/C56H40N4/c1-7-41(39-19-23-57-24-20-39)27-43(9-1)45-11-3-13-47(29-45)49-15-5-17-51(31-49)53-33-54(35-55(34-53)56-36-59-38-60-37-56)52-18-6-16-50(32-52)48-14-4-12-46(30-48)44-10-2-8-42(28-44)40-21-25-58-26-22-40/h1-15,17-38,50H,16H2. The molecular formula is C56H40N4. The topological polar surface area (TPSA) is 51.6 Å². The Morgan fingerprint density at radius 1 is 0.333 bits per heavy atom. The Hall–Kier alpha value is -7.82. The minimum Gasteiger partial charge on any atom is -0.265 e. The van der Waals surface area contributed by atoms with Gasteiger partial charge in [0.25, 0.3) is 0 Å². The number of rotatable bonds is 9. The highest BCUT2D eigenvalue weighted by atomic mass is 14.8. The van der Waals surface area contributed by atoms with Crippen molar-refractivity contribution in [3.05, 3.63) is 237 Å². The van der Waals surface area contributed by atoms with Crippen molar-refractivity contribution in [2.75, 3.05) is 0 Å². The molecular weight excluding hydrogens is 729 g/mol. The highest BCUT2D eigenvalue weighted by Gasteiger charge is 2.17. The van der Waals surface area contributed by atoms with Gasteiger partial charge in [0.2, 0.25) is 0 Å². The Labute approximate surface area is 351 Å². The smallest absolute Gasteiger partial charge is 0.115 e. The van der Waals surface area contributed by atoms with Crippen LogP contribution in [0, 0.1) is 0 Å². The third kappa shape index (κ3) is 7.87. The van der Waals surface area contributed by atoms with Crippen LogP contribution >= 0.6 is 0 Å². The highest BCUT2D eigenvalue weighted by molar-refractivity contribution is 5.86. The van der Waals surface area contributed by atoms with Gasteiger partial charge >= 0.3 is 0 Å². The van der Waals surface area contributed by atoms with E-state index in [0.29, 0.717) is 0 Å². The van der Waals surface area contributed by atoms with E-state index in [9.17, 15) is 0 Å². The molecule has 0 saturated heterocycles. The Morgan fingerprint density at radius 3 is 1.22 bits per heavy atom. The summed E-state index contributed by atoms with van der Waals surface area (Å²) in [5.41, 5.74) is 19.8. The second kappa shape index (κ2) is 16.6. The molecule has 1 unspecified atom stereocenters. The van der Waals surface area contributed by atoms with Crippen molar-refractivity contribution in [1.82, 2.24) is 19.9 Å². The highest BCUT2D eigenvalue weighted by Crippen LogP contribution is 2.38. The van der Waals surface area contributed by atoms with Crippen molar-refractivity contribution in [3.63, 3.8) is 0 Å². The molecule has 0 N–H and O–H groups in total. The Morgan fingerprint density at radius 2 is 0.717 bits per heavy atom. The molecule has 3 heterocycles. The van der Waals surface area contributed by atoms with Gasteiger partial charge in [-0.05, 0) is 162 Å². The van der Waals surface area contributed by atoms with Gasteiger partial charge in [-0.15, -0.1) is 0 Å². The number of allylic oxidation sites excluding steroid dienone is 4. The summed E-state index contributed by atoms with van der Waals surface area (Å²) in [5, 5.41) is 0. The number of benzene rings is 6. The monoisotopic (exact) mass is 768 g/mol. The predicted molar refractivity (Wildman–Crippen MR) is 247 cm³/mol. The lowest BCUT2D eigenvalue weighted by Gasteiger charge is -2.20. The molecule has 10 rings (SSSR count). The molecule has 0 spiro atoms. The SMILES string of the molecule is C1=CC(c2cc(-c3cncnc3)cc(-c3cccc(-c4cccc(-c5cccc(-c6ccncc6)c5)c4)c3)c2)=CC(c2cccc(-c3cccc(-c4ccncc4)c3)c2)C1. The van der Waals surface area contributed by atoms with Gasteiger partial charge in [0.15, 0.2) is 0 Å².